The van der Waals surface area contributed by atoms with Gasteiger partial charge in [-0.25, -0.2) is 15.0 Å². The zero-order chi connectivity index (χ0) is 45.9. The van der Waals surface area contributed by atoms with Crippen molar-refractivity contribution in [2.24, 2.45) is 0 Å². The lowest BCUT2D eigenvalue weighted by atomic mass is 9.88. The molecule has 6 nitrogen and oxygen atoms in total. The summed E-state index contributed by atoms with van der Waals surface area (Å²) < 4.78 is 16.2. The third-order valence-corrected chi connectivity index (χ3v) is 14.3. The highest BCUT2D eigenvalue weighted by atomic mass is 16.3. The molecule has 0 spiro atoms. The molecule has 15 rings (SSSR count). The van der Waals surface area contributed by atoms with Crippen LogP contribution in [-0.4, -0.2) is 19.5 Å². The van der Waals surface area contributed by atoms with Crippen LogP contribution < -0.4 is 0 Å². The van der Waals surface area contributed by atoms with Crippen LogP contribution in [-0.2, 0) is 0 Å². The number of hydrogen-bond acceptors (Lipinski definition) is 5. The lowest BCUT2D eigenvalue weighted by molar-refractivity contribution is 0.666. The summed E-state index contributed by atoms with van der Waals surface area (Å²) in [7, 11) is 0. The summed E-state index contributed by atoms with van der Waals surface area (Å²) in [5.41, 5.74) is 17.9. The number of furan rings is 2. The molecule has 0 amide bonds. The zero-order valence-electron chi connectivity index (χ0n) is 37.5. The zero-order valence-corrected chi connectivity index (χ0v) is 37.5. The molecular formula is C64H38N4O2. The van der Waals surface area contributed by atoms with E-state index < -0.39 is 0 Å². The summed E-state index contributed by atoms with van der Waals surface area (Å²) in [6.45, 7) is 0. The molecule has 0 bridgehead atoms. The molecular weight excluding hydrogens is 857 g/mol. The Hall–Kier alpha value is -9.39. The molecule has 0 radical (unpaired) electrons. The van der Waals surface area contributed by atoms with Crippen LogP contribution in [0.15, 0.2) is 233 Å². The molecule has 1 unspecified atom stereocenters. The fourth-order valence-corrected chi connectivity index (χ4v) is 11.4. The molecule has 326 valence electrons. The van der Waals surface area contributed by atoms with Crippen molar-refractivity contribution in [3.8, 4) is 62.1 Å². The molecule has 0 saturated heterocycles. The van der Waals surface area contributed by atoms with Gasteiger partial charge in [-0.05, 0) is 75.3 Å². The van der Waals surface area contributed by atoms with Crippen LogP contribution in [0.4, 0.5) is 0 Å². The maximum absolute atomic E-state index is 7.11. The Morgan fingerprint density at radius 2 is 0.986 bits per heavy atom. The molecule has 0 saturated carbocycles. The van der Waals surface area contributed by atoms with E-state index in [0.717, 1.165) is 82.9 Å². The molecule has 70 heavy (non-hydrogen) atoms. The minimum Gasteiger partial charge on any atom is -0.456 e. The van der Waals surface area contributed by atoms with Gasteiger partial charge in [-0.3, -0.25) is 0 Å². The lowest BCUT2D eigenvalue weighted by Gasteiger charge is -2.18. The molecule has 10 aromatic carbocycles. The number of para-hydroxylation sites is 2. The second-order valence-electron chi connectivity index (χ2n) is 18.2. The summed E-state index contributed by atoms with van der Waals surface area (Å²) in [5.74, 6) is 1.87. The van der Waals surface area contributed by atoms with Crippen molar-refractivity contribution in [3.63, 3.8) is 0 Å². The second kappa shape index (κ2) is 15.1. The van der Waals surface area contributed by atoms with Gasteiger partial charge in [0.1, 0.15) is 16.7 Å². The molecule has 0 N–H and O–H groups in total. The molecule has 0 fully saturated rings. The van der Waals surface area contributed by atoms with E-state index in [1.165, 1.54) is 44.1 Å². The molecule has 4 aromatic heterocycles. The Morgan fingerprint density at radius 1 is 0.371 bits per heavy atom. The first kappa shape index (κ1) is 38.7. The predicted molar refractivity (Wildman–Crippen MR) is 283 cm³/mol. The second-order valence-corrected chi connectivity index (χ2v) is 18.2. The molecule has 1 aliphatic carbocycles. The quantitative estimate of drug-likeness (QED) is 0.166. The van der Waals surface area contributed by atoms with Crippen LogP contribution in [0.2, 0.25) is 0 Å². The first-order valence-corrected chi connectivity index (χ1v) is 23.7. The highest BCUT2D eigenvalue weighted by Gasteiger charge is 2.34. The largest absolute Gasteiger partial charge is 0.456 e. The first-order valence-electron chi connectivity index (χ1n) is 23.7. The fourth-order valence-electron chi connectivity index (χ4n) is 11.4. The topological polar surface area (TPSA) is 69.9 Å². The fraction of sp³-hybridized carbons (Fsp3) is 0.0156. The van der Waals surface area contributed by atoms with E-state index >= 15 is 0 Å². The van der Waals surface area contributed by atoms with E-state index in [-0.39, 0.29) is 5.92 Å². The molecule has 14 aromatic rings. The maximum atomic E-state index is 7.11. The van der Waals surface area contributed by atoms with Crippen LogP contribution in [0.5, 0.6) is 0 Å². The van der Waals surface area contributed by atoms with Crippen molar-refractivity contribution in [1.82, 2.24) is 19.5 Å². The van der Waals surface area contributed by atoms with E-state index in [1.807, 2.05) is 72.8 Å². The molecule has 1 aliphatic rings. The van der Waals surface area contributed by atoms with Gasteiger partial charge in [0.05, 0.1) is 16.7 Å². The van der Waals surface area contributed by atoms with Crippen molar-refractivity contribution in [1.29, 1.82) is 0 Å². The van der Waals surface area contributed by atoms with Gasteiger partial charge in [0.15, 0.2) is 23.1 Å². The van der Waals surface area contributed by atoms with Gasteiger partial charge in [0.2, 0.25) is 0 Å². The van der Waals surface area contributed by atoms with E-state index in [1.54, 1.807) is 0 Å². The first-order chi connectivity index (χ1) is 34.7. The Balaban J connectivity index is 0.937. The average Bonchev–Trinajstić information content (AvgIpc) is 4.19. The summed E-state index contributed by atoms with van der Waals surface area (Å²) in [6, 6.07) is 79.1. The Labute approximate surface area is 401 Å². The minimum atomic E-state index is 0.0667. The average molecular weight is 895 g/mol. The van der Waals surface area contributed by atoms with E-state index in [4.69, 9.17) is 23.8 Å². The van der Waals surface area contributed by atoms with Crippen molar-refractivity contribution in [2.45, 2.75) is 5.92 Å². The smallest absolute Gasteiger partial charge is 0.164 e. The van der Waals surface area contributed by atoms with Crippen molar-refractivity contribution in [2.75, 3.05) is 0 Å². The standard InChI is InChI=1S/C64H38N4O2/c1-4-17-38(18-5-1)56-45-25-11-10-23-43(45)46-34-35-47-44-24-12-13-29-51(44)68(60(47)59(46)56)52-30-14-27-48-57-42(26-15-32-55(57)70-61(48)52)41-33-36-53-50(37-41)58-49(28-16-31-54(58)69-53)64-66-62(39-19-6-2-7-20-39)65-63(67-64)40-21-8-3-9-22-40/h1-37,56H. The third kappa shape index (κ3) is 5.71. The summed E-state index contributed by atoms with van der Waals surface area (Å²) in [5, 5.41) is 6.47. The van der Waals surface area contributed by atoms with Gasteiger partial charge in [-0.1, -0.05) is 188 Å². The van der Waals surface area contributed by atoms with E-state index in [9.17, 15) is 0 Å². The van der Waals surface area contributed by atoms with Crippen molar-refractivity contribution in [3.05, 3.63) is 241 Å². The number of hydrogen-bond donors (Lipinski definition) is 0. The normalized spacial score (nSPS) is 13.3. The molecule has 0 aliphatic heterocycles. The minimum absolute atomic E-state index is 0.0667. The van der Waals surface area contributed by atoms with Gasteiger partial charge in [0, 0.05) is 54.9 Å². The Morgan fingerprint density at radius 3 is 1.77 bits per heavy atom. The van der Waals surface area contributed by atoms with Crippen LogP contribution in [0, 0.1) is 0 Å². The van der Waals surface area contributed by atoms with Crippen molar-refractivity contribution >= 4 is 65.7 Å². The van der Waals surface area contributed by atoms with Crippen LogP contribution >= 0.6 is 0 Å². The third-order valence-electron chi connectivity index (χ3n) is 14.3. The van der Waals surface area contributed by atoms with Gasteiger partial charge in [-0.2, -0.15) is 0 Å². The molecule has 1 atom stereocenters. The summed E-state index contributed by atoms with van der Waals surface area (Å²) in [4.78, 5) is 15.2. The number of rotatable bonds is 6. The van der Waals surface area contributed by atoms with Gasteiger partial charge >= 0.3 is 0 Å². The number of aromatic nitrogens is 4. The molecule has 4 heterocycles. The maximum Gasteiger partial charge on any atom is 0.164 e. The van der Waals surface area contributed by atoms with Gasteiger partial charge < -0.3 is 13.4 Å². The van der Waals surface area contributed by atoms with Crippen LogP contribution in [0.25, 0.3) is 128 Å². The van der Waals surface area contributed by atoms with Crippen LogP contribution in [0.1, 0.15) is 22.6 Å². The predicted octanol–water partition coefficient (Wildman–Crippen LogP) is 16.6. The van der Waals surface area contributed by atoms with Crippen LogP contribution in [0.3, 0.4) is 0 Å². The van der Waals surface area contributed by atoms with E-state index in [2.05, 4.69) is 156 Å². The summed E-state index contributed by atoms with van der Waals surface area (Å²) >= 11 is 0. The van der Waals surface area contributed by atoms with Gasteiger partial charge in [-0.15, -0.1) is 0 Å². The highest BCUT2D eigenvalue weighted by molar-refractivity contribution is 6.19. The summed E-state index contributed by atoms with van der Waals surface area (Å²) in [6.07, 6.45) is 0. The van der Waals surface area contributed by atoms with Crippen molar-refractivity contribution < 1.29 is 8.83 Å². The Kier molecular flexibility index (Phi) is 8.32. The van der Waals surface area contributed by atoms with E-state index in [0.29, 0.717) is 17.5 Å². The number of nitrogens with zero attached hydrogens (tertiary/aromatic N) is 4. The highest BCUT2D eigenvalue weighted by Crippen LogP contribution is 2.53. The molecule has 6 heteroatoms. The number of benzene rings is 10. The SMILES string of the molecule is c1ccc(-c2nc(-c3ccccc3)nc(-c3cccc4oc5ccc(-c6cccc7oc8c(-n9c%10ccccc%10c%10ccc%11c(c%109)C(c9ccccc9)c9ccccc9-%11)cccc8c67)cc5c34)n2)cc1. The monoisotopic (exact) mass is 894 g/mol. The lowest BCUT2D eigenvalue weighted by Crippen LogP contribution is -2.03. The van der Waals surface area contributed by atoms with Gasteiger partial charge in [0.25, 0.3) is 0 Å². The Bertz CT molecular complexity index is 4360. The number of fused-ring (bicyclic) bond motifs is 13.